The predicted octanol–water partition coefficient (Wildman–Crippen LogP) is -2.88. The Labute approximate surface area is 148 Å². The minimum atomic E-state index is 0.207. The highest BCUT2D eigenvalue weighted by Gasteiger charge is 2.47. The molecule has 5 heterocycles. The molecule has 0 saturated carbocycles. The van der Waals surface area contributed by atoms with Gasteiger partial charge < -0.3 is 19.9 Å². The van der Waals surface area contributed by atoms with E-state index in [1.54, 1.807) is 4.90 Å². The second kappa shape index (κ2) is 7.39. The monoisotopic (exact) mass is 350 g/mol. The maximum Gasteiger partial charge on any atom is 0.231 e. The number of ether oxygens (including phenoxy) is 1. The van der Waals surface area contributed by atoms with Crippen molar-refractivity contribution in [1.82, 2.24) is 19.9 Å². The van der Waals surface area contributed by atoms with Crippen LogP contribution in [0.4, 0.5) is 0 Å². The molecule has 4 saturated heterocycles. The van der Waals surface area contributed by atoms with Crippen molar-refractivity contribution in [3.63, 3.8) is 0 Å². The quantitative estimate of drug-likeness (QED) is 0.598. The van der Waals surface area contributed by atoms with E-state index in [4.69, 9.17) is 4.74 Å². The van der Waals surface area contributed by atoms with Crippen molar-refractivity contribution in [3.8, 4) is 0 Å². The molecule has 4 aliphatic heterocycles. The Hall–Kier alpha value is -1.51. The smallest absolute Gasteiger partial charge is 0.231 e. The molecule has 0 radical (unpaired) electrons. The number of nitrogens with zero attached hydrogens (tertiary/aromatic N) is 4. The first-order valence-electron chi connectivity index (χ1n) is 9.62. The lowest BCUT2D eigenvalue weighted by Gasteiger charge is -2.47. The number of nitrogens with one attached hydrogen (secondary N) is 1. The normalized spacial score (nSPS) is 32.1. The van der Waals surface area contributed by atoms with Gasteiger partial charge in [-0.25, -0.2) is 4.68 Å². The van der Waals surface area contributed by atoms with E-state index in [2.05, 4.69) is 21.8 Å². The molecule has 4 aliphatic rings. The molecule has 8 heteroatoms. The first-order chi connectivity index (χ1) is 12.2. The number of morpholine rings is 1. The van der Waals surface area contributed by atoms with Crippen LogP contribution in [0.3, 0.4) is 0 Å². The van der Waals surface area contributed by atoms with Gasteiger partial charge in [-0.2, -0.15) is 0 Å². The number of hydrogen-bond donors (Lipinski definition) is 2. The molecule has 1 unspecified atom stereocenters. The van der Waals surface area contributed by atoms with Gasteiger partial charge in [0.1, 0.15) is 18.3 Å². The Morgan fingerprint density at radius 1 is 1.44 bits per heavy atom. The average molecular weight is 350 g/mol. The van der Waals surface area contributed by atoms with Crippen LogP contribution in [0.5, 0.6) is 0 Å². The summed E-state index contributed by atoms with van der Waals surface area (Å²) in [4.78, 5) is 16.5. The third-order valence-electron chi connectivity index (χ3n) is 6.10. The van der Waals surface area contributed by atoms with Gasteiger partial charge in [0.15, 0.2) is 0 Å². The fourth-order valence-corrected chi connectivity index (χ4v) is 4.78. The lowest BCUT2D eigenvalue weighted by molar-refractivity contribution is -0.945. The van der Waals surface area contributed by atoms with Crippen molar-refractivity contribution < 1.29 is 19.7 Å². The summed E-state index contributed by atoms with van der Waals surface area (Å²) < 4.78 is 7.38. The number of quaternary nitrogens is 2. The number of carbonyl (C=O) groups excluding carboxylic acids is 1. The van der Waals surface area contributed by atoms with E-state index < -0.39 is 0 Å². The van der Waals surface area contributed by atoms with Crippen molar-refractivity contribution in [2.24, 2.45) is 11.8 Å². The van der Waals surface area contributed by atoms with Gasteiger partial charge in [0.05, 0.1) is 52.0 Å². The highest BCUT2D eigenvalue weighted by Crippen LogP contribution is 2.29. The van der Waals surface area contributed by atoms with E-state index in [1.807, 2.05) is 16.6 Å². The first-order valence-corrected chi connectivity index (χ1v) is 9.62. The molecule has 5 rings (SSSR count). The fraction of sp³-hybridized carbons (Fsp3) is 0.824. The number of aromatic nitrogens is 3. The van der Waals surface area contributed by atoms with E-state index in [9.17, 15) is 4.79 Å². The number of piperidine rings is 3. The van der Waals surface area contributed by atoms with Crippen molar-refractivity contribution in [2.45, 2.75) is 32.0 Å². The van der Waals surface area contributed by atoms with Crippen molar-refractivity contribution in [3.05, 3.63) is 11.9 Å². The lowest BCUT2D eigenvalue weighted by atomic mass is 9.75. The zero-order chi connectivity index (χ0) is 17.2. The molecule has 0 spiro atoms. The number of nitrogens with two attached hydrogens (primary N) is 1. The van der Waals surface area contributed by atoms with E-state index in [0.717, 1.165) is 44.8 Å². The molecular weight excluding hydrogens is 320 g/mol. The zero-order valence-electron chi connectivity index (χ0n) is 15.1. The molecule has 25 heavy (non-hydrogen) atoms. The number of amides is 1. The first kappa shape index (κ1) is 16.9. The summed E-state index contributed by atoms with van der Waals surface area (Å²) in [5.74, 6) is 1.11. The Balaban J connectivity index is 1.37. The Morgan fingerprint density at radius 2 is 2.28 bits per heavy atom. The average Bonchev–Trinajstić information content (AvgIpc) is 3.10. The van der Waals surface area contributed by atoms with Gasteiger partial charge in [0.2, 0.25) is 5.91 Å². The molecule has 0 aliphatic carbocycles. The van der Waals surface area contributed by atoms with Crippen molar-refractivity contribution in [1.29, 1.82) is 0 Å². The van der Waals surface area contributed by atoms with Crippen LogP contribution in [-0.2, 0) is 22.6 Å². The molecule has 2 bridgehead atoms. The Kier molecular flexibility index (Phi) is 5.00. The fourth-order valence-electron chi connectivity index (χ4n) is 4.78. The maximum atomic E-state index is 12.9. The van der Waals surface area contributed by atoms with Crippen molar-refractivity contribution in [2.75, 3.05) is 46.4 Å². The summed E-state index contributed by atoms with van der Waals surface area (Å²) in [6.07, 6.45) is 4.38. The summed E-state index contributed by atoms with van der Waals surface area (Å²) >= 11 is 0. The van der Waals surface area contributed by atoms with Gasteiger partial charge in [-0.1, -0.05) is 5.21 Å². The second-order valence-corrected chi connectivity index (χ2v) is 7.68. The molecule has 4 atom stereocenters. The molecule has 138 valence electrons. The van der Waals surface area contributed by atoms with Crippen LogP contribution in [-0.4, -0.2) is 78.3 Å². The highest BCUT2D eigenvalue weighted by molar-refractivity contribution is 5.79. The van der Waals surface area contributed by atoms with Crippen LogP contribution in [0.25, 0.3) is 0 Å². The SMILES string of the molecule is C[NH2+]Cc1cn(C[C@H]2C[C@@H]3CC[NH+]2C[C@@H]3C(=O)N2CCOCC2)nn1. The van der Waals surface area contributed by atoms with Crippen LogP contribution < -0.4 is 10.2 Å². The minimum absolute atomic E-state index is 0.207. The predicted molar refractivity (Wildman–Crippen MR) is 89.7 cm³/mol. The van der Waals surface area contributed by atoms with E-state index in [0.29, 0.717) is 31.1 Å². The second-order valence-electron chi connectivity index (χ2n) is 7.68. The molecule has 8 nitrogen and oxygen atoms in total. The van der Waals surface area contributed by atoms with Crippen molar-refractivity contribution >= 4 is 5.91 Å². The van der Waals surface area contributed by atoms with Gasteiger partial charge in [0, 0.05) is 25.9 Å². The van der Waals surface area contributed by atoms with Gasteiger partial charge >= 0.3 is 0 Å². The Bertz CT molecular complexity index is 600. The summed E-state index contributed by atoms with van der Waals surface area (Å²) in [5, 5.41) is 10.6. The molecule has 4 fully saturated rings. The lowest BCUT2D eigenvalue weighted by Crippen LogP contribution is -3.20. The third-order valence-corrected chi connectivity index (χ3v) is 6.10. The summed E-state index contributed by atoms with van der Waals surface area (Å²) in [6, 6.07) is 0.563. The number of hydrogen-bond acceptors (Lipinski definition) is 4. The highest BCUT2D eigenvalue weighted by atomic mass is 16.5. The van der Waals surface area contributed by atoms with Crippen LogP contribution in [0.2, 0.25) is 0 Å². The molecule has 3 N–H and O–H groups in total. The molecule has 1 aromatic heterocycles. The minimum Gasteiger partial charge on any atom is -0.378 e. The molecular formula is C17H30N6O2+2. The zero-order valence-corrected chi connectivity index (χ0v) is 15.1. The number of fused-ring (bicyclic) bond motifs is 3. The van der Waals surface area contributed by atoms with Gasteiger partial charge in [-0.15, -0.1) is 5.10 Å². The molecule has 1 aromatic rings. The molecule has 0 aromatic carbocycles. The van der Waals surface area contributed by atoms with E-state index in [1.165, 1.54) is 13.0 Å². The van der Waals surface area contributed by atoms with Crippen LogP contribution in [0, 0.1) is 11.8 Å². The van der Waals surface area contributed by atoms with Crippen LogP contribution in [0.15, 0.2) is 6.20 Å². The van der Waals surface area contributed by atoms with E-state index >= 15 is 0 Å². The number of carbonyl (C=O) groups is 1. The van der Waals surface area contributed by atoms with Crippen LogP contribution >= 0.6 is 0 Å². The summed E-state index contributed by atoms with van der Waals surface area (Å²) in [7, 11) is 2.04. The van der Waals surface area contributed by atoms with E-state index in [-0.39, 0.29) is 5.92 Å². The Morgan fingerprint density at radius 3 is 3.00 bits per heavy atom. The topological polar surface area (TPSA) is 81.3 Å². The largest absolute Gasteiger partial charge is 0.378 e. The van der Waals surface area contributed by atoms with Crippen LogP contribution in [0.1, 0.15) is 18.5 Å². The summed E-state index contributed by atoms with van der Waals surface area (Å²) in [6.45, 7) is 6.86. The number of rotatable bonds is 5. The standard InChI is InChI=1S/C17H28N6O2/c1-18-9-14-10-23(20-19-14)11-15-8-13-2-3-22(15)12-16(13)17(24)21-4-6-25-7-5-21/h10,13,15-16,18H,2-9,11-12H2,1H3/p+2/t13-,15+,16-/m0/s1. The summed E-state index contributed by atoms with van der Waals surface area (Å²) in [5.41, 5.74) is 1.04. The van der Waals surface area contributed by atoms with Gasteiger partial charge in [-0.05, 0) is 5.92 Å². The third kappa shape index (κ3) is 3.56. The maximum absolute atomic E-state index is 12.9. The van der Waals surface area contributed by atoms with Gasteiger partial charge in [0.25, 0.3) is 0 Å². The molecule has 1 amide bonds. The van der Waals surface area contributed by atoms with Gasteiger partial charge in [-0.3, -0.25) is 4.79 Å².